The Balaban J connectivity index is 1.62. The van der Waals surface area contributed by atoms with E-state index in [2.05, 4.69) is 46.7 Å². The molecule has 0 spiro atoms. The first kappa shape index (κ1) is 23.7. The van der Waals surface area contributed by atoms with Gasteiger partial charge in [0.05, 0.1) is 31.2 Å². The van der Waals surface area contributed by atoms with Crippen LogP contribution in [0.2, 0.25) is 0 Å². The minimum Gasteiger partial charge on any atom is -0.383 e. The van der Waals surface area contributed by atoms with Gasteiger partial charge in [-0.3, -0.25) is 0 Å². The number of imidazole rings is 1. The summed E-state index contributed by atoms with van der Waals surface area (Å²) in [4.78, 5) is 12.4. The van der Waals surface area contributed by atoms with Crippen molar-refractivity contribution in [1.82, 2.24) is 14.5 Å². The summed E-state index contributed by atoms with van der Waals surface area (Å²) in [6.45, 7) is 7.63. The van der Waals surface area contributed by atoms with E-state index in [1.807, 2.05) is 5.01 Å². The smallest absolute Gasteiger partial charge is 0.164 e. The molecule has 186 valence electrons. The van der Waals surface area contributed by atoms with E-state index in [-0.39, 0.29) is 0 Å². The zero-order valence-corrected chi connectivity index (χ0v) is 20.9. The monoisotopic (exact) mass is 478 g/mol. The first-order valence-electron chi connectivity index (χ1n) is 12.3. The molecule has 1 aromatic carbocycles. The second-order valence-electron chi connectivity index (χ2n) is 9.02. The molecule has 1 fully saturated rings. The summed E-state index contributed by atoms with van der Waals surface area (Å²) in [6, 6.07) is 10.7. The summed E-state index contributed by atoms with van der Waals surface area (Å²) in [7, 11) is 3.40. The third-order valence-corrected chi connectivity index (χ3v) is 6.53. The molecular formula is C26H34N6O3. The molecule has 0 amide bonds. The number of benzene rings is 1. The maximum absolute atomic E-state index is 5.62. The molecule has 0 bridgehead atoms. The summed E-state index contributed by atoms with van der Waals surface area (Å²) >= 11 is 0. The van der Waals surface area contributed by atoms with Crippen LogP contribution < -0.4 is 9.91 Å². The lowest BCUT2D eigenvalue weighted by molar-refractivity contribution is 0.123. The highest BCUT2D eigenvalue weighted by atomic mass is 16.5. The topological polar surface area (TPSA) is 77.2 Å². The third kappa shape index (κ3) is 5.03. The Morgan fingerprint density at radius 1 is 1.03 bits per heavy atom. The first-order chi connectivity index (χ1) is 17.2. The molecule has 0 unspecified atom stereocenters. The number of aryl methyl sites for hydroxylation is 1. The van der Waals surface area contributed by atoms with Crippen molar-refractivity contribution in [3.8, 4) is 0 Å². The van der Waals surface area contributed by atoms with Crippen molar-refractivity contribution in [3.05, 3.63) is 47.3 Å². The Hall–Kier alpha value is -3.01. The van der Waals surface area contributed by atoms with Gasteiger partial charge in [-0.05, 0) is 25.3 Å². The van der Waals surface area contributed by atoms with Gasteiger partial charge in [-0.15, -0.1) is 0 Å². The second kappa shape index (κ2) is 10.7. The first-order valence-corrected chi connectivity index (χ1v) is 12.3. The minimum atomic E-state index is 0.414. The van der Waals surface area contributed by atoms with Crippen molar-refractivity contribution < 1.29 is 14.2 Å². The van der Waals surface area contributed by atoms with Crippen molar-refractivity contribution in [2.75, 3.05) is 63.6 Å². The van der Waals surface area contributed by atoms with Crippen LogP contribution in [0.4, 0.5) is 11.5 Å². The number of nitrogens with zero attached hydrogens (tertiary/aromatic N) is 6. The minimum absolute atomic E-state index is 0.414. The number of ether oxygens (including phenoxy) is 3. The third-order valence-electron chi connectivity index (χ3n) is 6.53. The highest BCUT2D eigenvalue weighted by Crippen LogP contribution is 2.32. The molecule has 2 aliphatic rings. The molecule has 5 rings (SSSR count). The van der Waals surface area contributed by atoms with Crippen molar-refractivity contribution in [2.45, 2.75) is 32.9 Å². The maximum Gasteiger partial charge on any atom is 0.164 e. The van der Waals surface area contributed by atoms with Gasteiger partial charge in [0.2, 0.25) is 0 Å². The number of hydrogen-bond acceptors (Lipinski definition) is 8. The SMILES string of the molecule is COCCn1c(COC)nc2c(N3CCOCC3)cc(N3CCCC(c4cccc(C)c4)=N3)nc21. The van der Waals surface area contributed by atoms with Crippen LogP contribution in [-0.4, -0.2) is 73.9 Å². The Morgan fingerprint density at radius 3 is 2.66 bits per heavy atom. The molecule has 1 saturated heterocycles. The summed E-state index contributed by atoms with van der Waals surface area (Å²) in [5.74, 6) is 1.69. The Morgan fingerprint density at radius 2 is 1.89 bits per heavy atom. The lowest BCUT2D eigenvalue weighted by atomic mass is 10.0. The number of morpholine rings is 1. The van der Waals surface area contributed by atoms with Gasteiger partial charge in [0.15, 0.2) is 11.5 Å². The molecule has 3 aromatic rings. The second-order valence-corrected chi connectivity index (χ2v) is 9.02. The van der Waals surface area contributed by atoms with Crippen molar-refractivity contribution in [1.29, 1.82) is 0 Å². The number of hydrazone groups is 1. The van der Waals surface area contributed by atoms with Gasteiger partial charge in [-0.25, -0.2) is 15.0 Å². The molecule has 2 aromatic heterocycles. The number of fused-ring (bicyclic) bond motifs is 1. The van der Waals surface area contributed by atoms with Crippen LogP contribution in [0.3, 0.4) is 0 Å². The summed E-state index contributed by atoms with van der Waals surface area (Å²) in [6.07, 6.45) is 1.99. The maximum atomic E-state index is 5.62. The Bertz CT molecular complexity index is 1200. The number of hydrogen-bond donors (Lipinski definition) is 0. The standard InChI is InChI=1S/C26H34N6O3/c1-19-6-4-7-20(16-19)21-8-5-9-32(29-21)23-17-22(30-10-14-35-15-11-30)25-26(28-23)31(12-13-33-2)24(27-25)18-34-3/h4,6-7,16-17H,5,8-15,18H2,1-3H3. The van der Waals surface area contributed by atoms with Gasteiger partial charge in [0.25, 0.3) is 0 Å². The molecule has 2 aliphatic heterocycles. The Labute approximate surface area is 206 Å². The molecule has 0 saturated carbocycles. The molecule has 0 radical (unpaired) electrons. The van der Waals surface area contributed by atoms with E-state index in [0.29, 0.717) is 33.0 Å². The molecule has 0 N–H and O–H groups in total. The van der Waals surface area contributed by atoms with Crippen LogP contribution in [0.1, 0.15) is 29.8 Å². The van der Waals surface area contributed by atoms with E-state index in [1.54, 1.807) is 14.2 Å². The number of anilines is 2. The molecule has 9 heteroatoms. The van der Waals surface area contributed by atoms with E-state index in [0.717, 1.165) is 66.7 Å². The van der Waals surface area contributed by atoms with E-state index >= 15 is 0 Å². The fourth-order valence-electron chi connectivity index (χ4n) is 4.77. The lowest BCUT2D eigenvalue weighted by Gasteiger charge is -2.30. The van der Waals surface area contributed by atoms with Gasteiger partial charge in [0, 0.05) is 46.5 Å². The Kier molecular flexibility index (Phi) is 7.26. The fraction of sp³-hybridized carbons (Fsp3) is 0.500. The quantitative estimate of drug-likeness (QED) is 0.491. The van der Waals surface area contributed by atoms with Gasteiger partial charge in [0.1, 0.15) is 17.9 Å². The fourth-order valence-corrected chi connectivity index (χ4v) is 4.77. The lowest BCUT2D eigenvalue weighted by Crippen LogP contribution is -2.36. The number of rotatable bonds is 8. The van der Waals surface area contributed by atoms with Gasteiger partial charge >= 0.3 is 0 Å². The molecule has 9 nitrogen and oxygen atoms in total. The molecule has 35 heavy (non-hydrogen) atoms. The zero-order chi connectivity index (χ0) is 24.2. The highest BCUT2D eigenvalue weighted by molar-refractivity contribution is 6.01. The van der Waals surface area contributed by atoms with Gasteiger partial charge in [-0.1, -0.05) is 29.8 Å². The van der Waals surface area contributed by atoms with Crippen LogP contribution in [0.15, 0.2) is 35.4 Å². The average Bonchev–Trinajstić information content (AvgIpc) is 3.24. The van der Waals surface area contributed by atoms with Crippen LogP contribution in [0.25, 0.3) is 11.2 Å². The molecule has 0 aliphatic carbocycles. The summed E-state index contributed by atoms with van der Waals surface area (Å²) in [5.41, 5.74) is 6.31. The predicted octanol–water partition coefficient (Wildman–Crippen LogP) is 3.37. The van der Waals surface area contributed by atoms with E-state index in [4.69, 9.17) is 29.3 Å². The summed E-state index contributed by atoms with van der Waals surface area (Å²) < 4.78 is 18.6. The van der Waals surface area contributed by atoms with Gasteiger partial charge in [-0.2, -0.15) is 5.10 Å². The van der Waals surface area contributed by atoms with Crippen LogP contribution in [0, 0.1) is 6.92 Å². The van der Waals surface area contributed by atoms with Crippen LogP contribution in [-0.2, 0) is 27.4 Å². The highest BCUT2D eigenvalue weighted by Gasteiger charge is 2.24. The van der Waals surface area contributed by atoms with Crippen molar-refractivity contribution in [2.24, 2.45) is 5.10 Å². The number of aromatic nitrogens is 3. The van der Waals surface area contributed by atoms with E-state index in [1.165, 1.54) is 11.1 Å². The molecule has 0 atom stereocenters. The predicted molar refractivity (Wildman–Crippen MR) is 137 cm³/mol. The van der Waals surface area contributed by atoms with Gasteiger partial charge < -0.3 is 23.7 Å². The normalized spacial score (nSPS) is 16.7. The zero-order valence-electron chi connectivity index (χ0n) is 20.9. The number of methoxy groups -OCH3 is 2. The molecule has 4 heterocycles. The van der Waals surface area contributed by atoms with Crippen molar-refractivity contribution >= 4 is 28.4 Å². The summed E-state index contributed by atoms with van der Waals surface area (Å²) in [5, 5.41) is 7.11. The largest absolute Gasteiger partial charge is 0.383 e. The van der Waals surface area contributed by atoms with E-state index < -0.39 is 0 Å². The number of pyridine rings is 1. The van der Waals surface area contributed by atoms with Crippen molar-refractivity contribution in [3.63, 3.8) is 0 Å². The van der Waals surface area contributed by atoms with Crippen LogP contribution >= 0.6 is 0 Å². The van der Waals surface area contributed by atoms with Crippen LogP contribution in [0.5, 0.6) is 0 Å². The molecular weight excluding hydrogens is 444 g/mol. The van der Waals surface area contributed by atoms with E-state index in [9.17, 15) is 0 Å². The average molecular weight is 479 g/mol.